The molecule has 0 amide bonds. The molecule has 0 spiro atoms. The molecule has 182 valence electrons. The van der Waals surface area contributed by atoms with E-state index in [4.69, 9.17) is 9.47 Å². The molecule has 0 unspecified atom stereocenters. The van der Waals surface area contributed by atoms with Gasteiger partial charge in [-0.05, 0) is 56.6 Å². The van der Waals surface area contributed by atoms with Crippen LogP contribution in [0.15, 0.2) is 23.8 Å². The summed E-state index contributed by atoms with van der Waals surface area (Å²) in [6.45, 7) is 6.37. The second-order valence-corrected chi connectivity index (χ2v) is 10.7. The molecular formula is C25H33FO7. The zero-order chi connectivity index (χ0) is 24.6. The number of carbonyl (C=O) groups excluding carboxylic acids is 3. The number of hydrogen-bond acceptors (Lipinski definition) is 7. The third-order valence-electron chi connectivity index (χ3n) is 9.40. The number of hydrogen-bond donors (Lipinski definition) is 2. The molecule has 0 aromatic carbocycles. The minimum Gasteiger partial charge on any atom is -0.466 e. The van der Waals surface area contributed by atoms with Gasteiger partial charge in [-0.3, -0.25) is 9.59 Å². The summed E-state index contributed by atoms with van der Waals surface area (Å²) in [6, 6.07) is 0. The van der Waals surface area contributed by atoms with E-state index in [9.17, 15) is 24.6 Å². The molecule has 0 heterocycles. The highest BCUT2D eigenvalue weighted by atomic mass is 19.1. The van der Waals surface area contributed by atoms with Gasteiger partial charge in [0.1, 0.15) is 5.60 Å². The van der Waals surface area contributed by atoms with Gasteiger partial charge in [0.25, 0.3) is 0 Å². The van der Waals surface area contributed by atoms with Crippen molar-refractivity contribution in [2.75, 3.05) is 7.11 Å². The minimum absolute atomic E-state index is 0.134. The summed E-state index contributed by atoms with van der Waals surface area (Å²) in [4.78, 5) is 36.4. The Morgan fingerprint density at radius 1 is 1.27 bits per heavy atom. The molecule has 0 bridgehead atoms. The Bertz CT molecular complexity index is 958. The maximum atomic E-state index is 17.2. The third kappa shape index (κ3) is 2.89. The van der Waals surface area contributed by atoms with Crippen molar-refractivity contribution in [2.45, 2.75) is 76.9 Å². The van der Waals surface area contributed by atoms with Gasteiger partial charge >= 0.3 is 11.9 Å². The van der Waals surface area contributed by atoms with Gasteiger partial charge in [0, 0.05) is 23.7 Å². The van der Waals surface area contributed by atoms with Gasteiger partial charge in [-0.25, -0.2) is 9.18 Å². The van der Waals surface area contributed by atoms with Crippen molar-refractivity contribution in [3.05, 3.63) is 23.8 Å². The van der Waals surface area contributed by atoms with E-state index in [0.29, 0.717) is 24.8 Å². The molecule has 4 rings (SSSR count). The molecule has 0 aliphatic heterocycles. The van der Waals surface area contributed by atoms with E-state index in [-0.39, 0.29) is 12.2 Å². The summed E-state index contributed by atoms with van der Waals surface area (Å²) in [7, 11) is 1.15. The SMILES string of the molecule is COC(=O)[C@@H](OC(C)=O)[C@@]1(O)[C@H](C)C[C@H]2[C@@H]3CCC4=CC(=O)C=C[C@]4(C)[C@@]3(F)[C@@H](O)C[C@@]21C. The second kappa shape index (κ2) is 7.47. The average molecular weight is 465 g/mol. The van der Waals surface area contributed by atoms with Crippen molar-refractivity contribution in [3.63, 3.8) is 0 Å². The summed E-state index contributed by atoms with van der Waals surface area (Å²) >= 11 is 0. The maximum Gasteiger partial charge on any atom is 0.350 e. The van der Waals surface area contributed by atoms with Crippen molar-refractivity contribution in [3.8, 4) is 0 Å². The number of ketones is 1. The molecule has 4 aliphatic rings. The van der Waals surface area contributed by atoms with E-state index in [1.165, 1.54) is 12.2 Å². The number of esters is 2. The molecule has 4 aliphatic carbocycles. The molecule has 33 heavy (non-hydrogen) atoms. The number of alkyl halides is 1. The average Bonchev–Trinajstić information content (AvgIpc) is 2.94. The van der Waals surface area contributed by atoms with Crippen LogP contribution < -0.4 is 0 Å². The standard InChI is InChI=1S/C25H33FO7/c1-13-10-18-17-7-6-15-11-16(28)8-9-22(15,3)24(17,26)19(29)12-23(18,4)25(13,31)20(21(30)32-5)33-14(2)27/h8-9,11,13,17-20,29,31H,6-7,10,12H2,1-5H3/t13-,17+,18+,19+,20-,22+,23+,24+,25+/m1/s1. The van der Waals surface area contributed by atoms with Crippen LogP contribution in [-0.4, -0.2) is 58.5 Å². The number of methoxy groups -OCH3 is 1. The molecule has 7 nitrogen and oxygen atoms in total. The van der Waals surface area contributed by atoms with Crippen LogP contribution in [0.4, 0.5) is 4.39 Å². The Morgan fingerprint density at radius 3 is 2.55 bits per heavy atom. The van der Waals surface area contributed by atoms with Crippen molar-refractivity contribution < 1.29 is 38.5 Å². The Balaban J connectivity index is 1.82. The lowest BCUT2D eigenvalue weighted by Crippen LogP contribution is -2.70. The summed E-state index contributed by atoms with van der Waals surface area (Å²) in [5.74, 6) is -3.37. The van der Waals surface area contributed by atoms with E-state index >= 15 is 4.39 Å². The Labute approximate surface area is 193 Å². The van der Waals surface area contributed by atoms with Crippen LogP contribution in [0.1, 0.15) is 53.4 Å². The lowest BCUT2D eigenvalue weighted by atomic mass is 9.44. The van der Waals surface area contributed by atoms with Gasteiger partial charge in [-0.15, -0.1) is 0 Å². The number of rotatable bonds is 3. The molecule has 0 saturated heterocycles. The summed E-state index contributed by atoms with van der Waals surface area (Å²) in [5.41, 5.74) is -5.50. The van der Waals surface area contributed by atoms with Crippen LogP contribution in [0.5, 0.6) is 0 Å². The summed E-state index contributed by atoms with van der Waals surface area (Å²) in [5, 5.41) is 23.4. The van der Waals surface area contributed by atoms with Crippen LogP contribution in [0.25, 0.3) is 0 Å². The maximum absolute atomic E-state index is 17.2. The van der Waals surface area contributed by atoms with E-state index < -0.39 is 64.0 Å². The van der Waals surface area contributed by atoms with Crippen molar-refractivity contribution >= 4 is 17.7 Å². The number of aliphatic hydroxyl groups is 2. The van der Waals surface area contributed by atoms with Crippen LogP contribution in [0, 0.1) is 28.6 Å². The first-order chi connectivity index (χ1) is 15.3. The van der Waals surface area contributed by atoms with Gasteiger partial charge < -0.3 is 19.7 Å². The molecule has 3 saturated carbocycles. The van der Waals surface area contributed by atoms with Crippen molar-refractivity contribution in [1.82, 2.24) is 0 Å². The fourth-order valence-electron chi connectivity index (χ4n) is 7.73. The Morgan fingerprint density at radius 2 is 1.94 bits per heavy atom. The van der Waals surface area contributed by atoms with Crippen LogP contribution >= 0.6 is 0 Å². The van der Waals surface area contributed by atoms with E-state index in [2.05, 4.69) is 0 Å². The number of carbonyl (C=O) groups is 3. The molecule has 9 atom stereocenters. The smallest absolute Gasteiger partial charge is 0.350 e. The van der Waals surface area contributed by atoms with E-state index in [1.807, 2.05) is 0 Å². The molecule has 2 N–H and O–H groups in total. The van der Waals surface area contributed by atoms with E-state index in [0.717, 1.165) is 14.0 Å². The lowest BCUT2D eigenvalue weighted by molar-refractivity contribution is -0.245. The first-order valence-electron chi connectivity index (χ1n) is 11.6. The highest BCUT2D eigenvalue weighted by Crippen LogP contribution is 2.71. The molecule has 0 radical (unpaired) electrons. The quantitative estimate of drug-likeness (QED) is 0.618. The minimum atomic E-state index is -2.05. The highest BCUT2D eigenvalue weighted by molar-refractivity contribution is 6.01. The fourth-order valence-corrected chi connectivity index (χ4v) is 7.73. The van der Waals surface area contributed by atoms with Crippen molar-refractivity contribution in [2.24, 2.45) is 28.6 Å². The van der Waals surface area contributed by atoms with Crippen LogP contribution in [-0.2, 0) is 23.9 Å². The van der Waals surface area contributed by atoms with Crippen LogP contribution in [0.3, 0.4) is 0 Å². The number of aliphatic hydroxyl groups excluding tert-OH is 1. The number of halogens is 1. The first-order valence-corrected chi connectivity index (χ1v) is 11.6. The predicted molar refractivity (Wildman–Crippen MR) is 115 cm³/mol. The van der Waals surface area contributed by atoms with E-state index in [1.54, 1.807) is 26.8 Å². The molecule has 8 heteroatoms. The molecule has 0 aromatic rings. The van der Waals surface area contributed by atoms with Gasteiger partial charge in [0.2, 0.25) is 6.10 Å². The number of fused-ring (bicyclic) bond motifs is 5. The second-order valence-electron chi connectivity index (χ2n) is 10.7. The Kier molecular flexibility index (Phi) is 5.45. The Hall–Kier alpha value is -2.06. The van der Waals surface area contributed by atoms with Gasteiger partial charge in [0.15, 0.2) is 11.5 Å². The number of allylic oxidation sites excluding steroid dienone is 4. The summed E-state index contributed by atoms with van der Waals surface area (Å²) < 4.78 is 27.3. The number of ether oxygens (including phenoxy) is 2. The van der Waals surface area contributed by atoms with Gasteiger partial charge in [0.05, 0.1) is 13.2 Å². The first kappa shape index (κ1) is 24.1. The molecule has 0 aromatic heterocycles. The topological polar surface area (TPSA) is 110 Å². The normalized spacial score (nSPS) is 47.0. The highest BCUT2D eigenvalue weighted by Gasteiger charge is 2.76. The predicted octanol–water partition coefficient (Wildman–Crippen LogP) is 2.44. The fraction of sp³-hybridized carbons (Fsp3) is 0.720. The summed E-state index contributed by atoms with van der Waals surface area (Å²) in [6.07, 6.45) is 2.50. The molecule has 3 fully saturated rings. The third-order valence-corrected chi connectivity index (χ3v) is 9.40. The van der Waals surface area contributed by atoms with Crippen LogP contribution in [0.2, 0.25) is 0 Å². The van der Waals surface area contributed by atoms with Gasteiger partial charge in [-0.1, -0.05) is 25.5 Å². The monoisotopic (exact) mass is 464 g/mol. The van der Waals surface area contributed by atoms with Gasteiger partial charge in [-0.2, -0.15) is 0 Å². The van der Waals surface area contributed by atoms with Crippen molar-refractivity contribution in [1.29, 1.82) is 0 Å². The lowest BCUT2D eigenvalue weighted by Gasteiger charge is -2.63. The molecular weight excluding hydrogens is 431 g/mol. The zero-order valence-corrected chi connectivity index (χ0v) is 19.8. The largest absolute Gasteiger partial charge is 0.466 e. The zero-order valence-electron chi connectivity index (χ0n) is 19.8.